The summed E-state index contributed by atoms with van der Waals surface area (Å²) in [4.78, 5) is 14.6. The van der Waals surface area contributed by atoms with Gasteiger partial charge in [-0.1, -0.05) is 54.2 Å². The quantitative estimate of drug-likeness (QED) is 0.533. The third kappa shape index (κ3) is 6.69. The van der Waals surface area contributed by atoms with Crippen LogP contribution in [0.3, 0.4) is 0 Å². The maximum atomic E-state index is 13.2. The van der Waals surface area contributed by atoms with Gasteiger partial charge >= 0.3 is 0 Å². The largest absolute Gasteiger partial charge is 0.325 e. The van der Waals surface area contributed by atoms with Gasteiger partial charge in [-0.3, -0.25) is 4.79 Å². The minimum atomic E-state index is -3.58. The molecule has 0 aromatic heterocycles. The SMILES string of the molecule is CS(=O)(=O)N[C@@H](CC(=O)Nc1ccccc1Sc1ccccc1)c1ccc(F)cc1. The lowest BCUT2D eigenvalue weighted by atomic mass is 10.0. The fraction of sp³-hybridized carbons (Fsp3) is 0.136. The van der Waals surface area contributed by atoms with Crippen molar-refractivity contribution in [1.29, 1.82) is 0 Å². The Kier molecular flexibility index (Phi) is 7.25. The Morgan fingerprint density at radius 1 is 0.967 bits per heavy atom. The van der Waals surface area contributed by atoms with Crippen LogP contribution < -0.4 is 10.0 Å². The number of sulfonamides is 1. The number of halogens is 1. The molecule has 0 aliphatic heterocycles. The van der Waals surface area contributed by atoms with Gasteiger partial charge in [-0.2, -0.15) is 0 Å². The van der Waals surface area contributed by atoms with Crippen LogP contribution in [0.15, 0.2) is 88.7 Å². The summed E-state index contributed by atoms with van der Waals surface area (Å²) in [6.45, 7) is 0. The molecule has 0 saturated carbocycles. The standard InChI is InChI=1S/C22H21FN2O3S2/c1-30(27,28)25-20(16-11-13-17(23)14-12-16)15-22(26)24-19-9-5-6-10-21(19)29-18-7-3-2-4-8-18/h2-14,20,25H,15H2,1H3,(H,24,26)/t20-/m0/s1. The summed E-state index contributed by atoms with van der Waals surface area (Å²) in [6, 6.07) is 21.7. The molecular weight excluding hydrogens is 423 g/mol. The van der Waals surface area contributed by atoms with Crippen molar-refractivity contribution < 1.29 is 17.6 Å². The Morgan fingerprint density at radius 2 is 1.60 bits per heavy atom. The first-order valence-corrected chi connectivity index (χ1v) is 11.9. The monoisotopic (exact) mass is 444 g/mol. The predicted molar refractivity (Wildman–Crippen MR) is 117 cm³/mol. The van der Waals surface area contributed by atoms with Crippen LogP contribution >= 0.6 is 11.8 Å². The van der Waals surface area contributed by atoms with Gasteiger partial charge in [0.05, 0.1) is 18.0 Å². The molecule has 8 heteroatoms. The van der Waals surface area contributed by atoms with Gasteiger partial charge in [0.1, 0.15) is 5.82 Å². The Morgan fingerprint density at radius 3 is 2.27 bits per heavy atom. The first-order chi connectivity index (χ1) is 14.3. The minimum absolute atomic E-state index is 0.136. The molecule has 0 bridgehead atoms. The maximum Gasteiger partial charge on any atom is 0.226 e. The Bertz CT molecular complexity index is 1100. The molecule has 3 aromatic rings. The van der Waals surface area contributed by atoms with E-state index >= 15 is 0 Å². The molecule has 0 aliphatic carbocycles. The van der Waals surface area contributed by atoms with E-state index in [9.17, 15) is 17.6 Å². The fourth-order valence-electron chi connectivity index (χ4n) is 2.84. The van der Waals surface area contributed by atoms with Crippen LogP contribution in [0.2, 0.25) is 0 Å². The molecule has 3 aromatic carbocycles. The number of nitrogens with one attached hydrogen (secondary N) is 2. The molecule has 0 spiro atoms. The van der Waals surface area contributed by atoms with Gasteiger partial charge in [-0.25, -0.2) is 17.5 Å². The Hall–Kier alpha value is -2.68. The number of para-hydroxylation sites is 1. The van der Waals surface area contributed by atoms with Crippen LogP contribution in [0.5, 0.6) is 0 Å². The molecule has 0 fully saturated rings. The molecule has 0 saturated heterocycles. The molecule has 1 atom stereocenters. The van der Waals surface area contributed by atoms with Gasteiger partial charge in [0.15, 0.2) is 0 Å². The molecule has 5 nitrogen and oxygen atoms in total. The number of carbonyl (C=O) groups excluding carboxylic acids is 1. The predicted octanol–water partition coefficient (Wildman–Crippen LogP) is 4.60. The van der Waals surface area contributed by atoms with E-state index in [2.05, 4.69) is 10.0 Å². The van der Waals surface area contributed by atoms with E-state index in [-0.39, 0.29) is 12.3 Å². The Labute approximate surface area is 179 Å². The van der Waals surface area contributed by atoms with E-state index in [1.807, 2.05) is 48.5 Å². The highest BCUT2D eigenvalue weighted by Gasteiger charge is 2.20. The third-order valence-electron chi connectivity index (χ3n) is 4.15. The topological polar surface area (TPSA) is 75.3 Å². The van der Waals surface area contributed by atoms with Gasteiger partial charge in [-0.05, 0) is 42.0 Å². The summed E-state index contributed by atoms with van der Waals surface area (Å²) < 4.78 is 39.2. The number of anilines is 1. The average molecular weight is 445 g/mol. The van der Waals surface area contributed by atoms with E-state index in [0.717, 1.165) is 16.0 Å². The van der Waals surface area contributed by atoms with Crippen molar-refractivity contribution in [3.63, 3.8) is 0 Å². The van der Waals surface area contributed by atoms with E-state index in [1.165, 1.54) is 36.0 Å². The number of hydrogen-bond acceptors (Lipinski definition) is 4. The van der Waals surface area contributed by atoms with Crippen molar-refractivity contribution >= 4 is 33.4 Å². The van der Waals surface area contributed by atoms with Gasteiger partial charge in [0.2, 0.25) is 15.9 Å². The Balaban J connectivity index is 1.76. The first-order valence-electron chi connectivity index (χ1n) is 9.15. The number of amides is 1. The lowest BCUT2D eigenvalue weighted by Gasteiger charge is -2.18. The van der Waals surface area contributed by atoms with E-state index in [0.29, 0.717) is 11.3 Å². The lowest BCUT2D eigenvalue weighted by Crippen LogP contribution is -2.30. The molecule has 1 amide bonds. The molecule has 0 unspecified atom stereocenters. The smallest absolute Gasteiger partial charge is 0.226 e. The molecule has 3 rings (SSSR count). The van der Waals surface area contributed by atoms with Crippen molar-refractivity contribution in [2.24, 2.45) is 0 Å². The van der Waals surface area contributed by atoms with E-state index < -0.39 is 21.9 Å². The number of rotatable bonds is 8. The number of hydrogen-bond donors (Lipinski definition) is 2. The second-order valence-corrected chi connectivity index (χ2v) is 9.55. The molecule has 2 N–H and O–H groups in total. The van der Waals surface area contributed by atoms with E-state index in [1.54, 1.807) is 6.07 Å². The van der Waals surface area contributed by atoms with Crippen LogP contribution in [0.25, 0.3) is 0 Å². The molecule has 156 valence electrons. The van der Waals surface area contributed by atoms with Crippen molar-refractivity contribution in [2.45, 2.75) is 22.3 Å². The first kappa shape index (κ1) is 22.0. The van der Waals surface area contributed by atoms with Crippen LogP contribution in [0, 0.1) is 5.82 Å². The maximum absolute atomic E-state index is 13.2. The highest BCUT2D eigenvalue weighted by atomic mass is 32.2. The van der Waals surface area contributed by atoms with Crippen LogP contribution in [-0.4, -0.2) is 20.6 Å². The van der Waals surface area contributed by atoms with Gasteiger partial charge < -0.3 is 5.32 Å². The second kappa shape index (κ2) is 9.88. The zero-order valence-corrected chi connectivity index (χ0v) is 17.8. The highest BCUT2D eigenvalue weighted by Crippen LogP contribution is 2.33. The highest BCUT2D eigenvalue weighted by molar-refractivity contribution is 7.99. The normalized spacial score (nSPS) is 12.3. The molecule has 0 radical (unpaired) electrons. The number of carbonyl (C=O) groups is 1. The molecule has 0 aliphatic rings. The fourth-order valence-corrected chi connectivity index (χ4v) is 4.50. The summed E-state index contributed by atoms with van der Waals surface area (Å²) in [5.41, 5.74) is 1.14. The van der Waals surface area contributed by atoms with E-state index in [4.69, 9.17) is 0 Å². The van der Waals surface area contributed by atoms with Crippen LogP contribution in [0.4, 0.5) is 10.1 Å². The molecular formula is C22H21FN2O3S2. The van der Waals surface area contributed by atoms with Gasteiger partial charge in [0.25, 0.3) is 0 Å². The van der Waals surface area contributed by atoms with Crippen molar-refractivity contribution in [1.82, 2.24) is 4.72 Å². The summed E-state index contributed by atoms with van der Waals surface area (Å²) in [7, 11) is -3.58. The third-order valence-corrected chi connectivity index (χ3v) is 5.95. The zero-order chi connectivity index (χ0) is 21.6. The molecule has 0 heterocycles. The minimum Gasteiger partial charge on any atom is -0.325 e. The van der Waals surface area contributed by atoms with Crippen molar-refractivity contribution in [3.05, 3.63) is 90.2 Å². The van der Waals surface area contributed by atoms with Crippen molar-refractivity contribution in [2.75, 3.05) is 11.6 Å². The lowest BCUT2D eigenvalue weighted by molar-refractivity contribution is -0.116. The van der Waals surface area contributed by atoms with Gasteiger partial charge in [0, 0.05) is 16.2 Å². The van der Waals surface area contributed by atoms with Crippen LogP contribution in [-0.2, 0) is 14.8 Å². The summed E-state index contributed by atoms with van der Waals surface area (Å²) in [5.74, 6) is -0.797. The zero-order valence-electron chi connectivity index (χ0n) is 16.2. The second-order valence-electron chi connectivity index (χ2n) is 6.66. The summed E-state index contributed by atoms with van der Waals surface area (Å²) in [6.07, 6.45) is 0.885. The average Bonchev–Trinajstić information content (AvgIpc) is 2.69. The number of benzene rings is 3. The summed E-state index contributed by atoms with van der Waals surface area (Å²) >= 11 is 1.52. The van der Waals surface area contributed by atoms with Crippen molar-refractivity contribution in [3.8, 4) is 0 Å². The van der Waals surface area contributed by atoms with Gasteiger partial charge in [-0.15, -0.1) is 0 Å². The van der Waals surface area contributed by atoms with Crippen LogP contribution in [0.1, 0.15) is 18.0 Å². The summed E-state index contributed by atoms with van der Waals surface area (Å²) in [5, 5.41) is 2.86. The molecule has 30 heavy (non-hydrogen) atoms.